The van der Waals surface area contributed by atoms with Crippen LogP contribution in [0.3, 0.4) is 0 Å². The van der Waals surface area contributed by atoms with Crippen molar-refractivity contribution in [3.8, 4) is 0 Å². The maximum Gasteiger partial charge on any atom is 0.406 e. The Morgan fingerprint density at radius 2 is 2.00 bits per heavy atom. The van der Waals surface area contributed by atoms with Gasteiger partial charge in [0.2, 0.25) is 0 Å². The normalized spacial score (nSPS) is 15.4. The van der Waals surface area contributed by atoms with Gasteiger partial charge in [-0.1, -0.05) is 11.6 Å². The molecule has 0 unspecified atom stereocenters. The van der Waals surface area contributed by atoms with E-state index in [1.54, 1.807) is 6.92 Å². The molecule has 0 radical (unpaired) electrons. The minimum Gasteiger partial charge on any atom is -0.326 e. The molecule has 1 aromatic carbocycles. The number of rotatable bonds is 3. The maximum atomic E-state index is 13.6. The number of nitrogens with zero attached hydrogens (tertiary/aromatic N) is 1. The summed E-state index contributed by atoms with van der Waals surface area (Å²) in [6, 6.07) is 3.43. The summed E-state index contributed by atoms with van der Waals surface area (Å²) in [5.74, 6) is -1.68. The van der Waals surface area contributed by atoms with Crippen LogP contribution in [0, 0.1) is 12.7 Å². The third kappa shape index (κ3) is 3.45. The Labute approximate surface area is 108 Å². The number of halogens is 4. The molecule has 0 saturated heterocycles. The predicted molar refractivity (Wildman–Crippen MR) is 61.3 cm³/mol. The maximum absolute atomic E-state index is 13.6. The van der Waals surface area contributed by atoms with Crippen molar-refractivity contribution >= 4 is 5.91 Å². The molecular weight excluding hydrogens is 262 g/mol. The van der Waals surface area contributed by atoms with Gasteiger partial charge < -0.3 is 4.90 Å². The predicted octanol–water partition coefficient (Wildman–Crippen LogP) is 3.30. The monoisotopic (exact) mass is 275 g/mol. The Morgan fingerprint density at radius 1 is 1.37 bits per heavy atom. The highest BCUT2D eigenvalue weighted by Crippen LogP contribution is 2.31. The van der Waals surface area contributed by atoms with Crippen LogP contribution in [0.2, 0.25) is 0 Å². The van der Waals surface area contributed by atoms with Crippen LogP contribution in [0.25, 0.3) is 0 Å². The van der Waals surface area contributed by atoms with Gasteiger partial charge in [-0.25, -0.2) is 4.39 Å². The van der Waals surface area contributed by atoms with Gasteiger partial charge in [0.15, 0.2) is 0 Å². The standard InChI is InChI=1S/C13H13F4NO/c1-8-2-5-11(14)10(6-8)12(19)18(9-3-4-9)7-13(15,16)17/h2,5-6,9H,3-4,7H2,1H3. The second kappa shape index (κ2) is 4.83. The highest BCUT2D eigenvalue weighted by molar-refractivity contribution is 5.95. The van der Waals surface area contributed by atoms with Crippen molar-refractivity contribution in [2.75, 3.05) is 6.54 Å². The smallest absolute Gasteiger partial charge is 0.326 e. The van der Waals surface area contributed by atoms with E-state index in [1.165, 1.54) is 12.1 Å². The van der Waals surface area contributed by atoms with Gasteiger partial charge in [0.1, 0.15) is 12.4 Å². The molecule has 1 aromatic rings. The van der Waals surface area contributed by atoms with E-state index < -0.39 is 30.5 Å². The first-order chi connectivity index (χ1) is 8.78. The van der Waals surface area contributed by atoms with Crippen LogP contribution >= 0.6 is 0 Å². The molecule has 104 valence electrons. The second-order valence-corrected chi connectivity index (χ2v) is 4.76. The van der Waals surface area contributed by atoms with Crippen LogP contribution in [0.1, 0.15) is 28.8 Å². The average molecular weight is 275 g/mol. The molecule has 0 aliphatic heterocycles. The first-order valence-corrected chi connectivity index (χ1v) is 5.92. The lowest BCUT2D eigenvalue weighted by atomic mass is 10.1. The van der Waals surface area contributed by atoms with Gasteiger partial charge in [0.05, 0.1) is 5.56 Å². The number of hydrogen-bond donors (Lipinski definition) is 0. The Morgan fingerprint density at radius 3 is 2.53 bits per heavy atom. The van der Waals surface area contributed by atoms with Gasteiger partial charge >= 0.3 is 6.18 Å². The molecule has 2 nitrogen and oxygen atoms in total. The van der Waals surface area contributed by atoms with Crippen molar-refractivity contribution in [2.24, 2.45) is 0 Å². The largest absolute Gasteiger partial charge is 0.406 e. The zero-order valence-corrected chi connectivity index (χ0v) is 10.3. The topological polar surface area (TPSA) is 20.3 Å². The minimum absolute atomic E-state index is 0.295. The number of carbonyl (C=O) groups is 1. The summed E-state index contributed by atoms with van der Waals surface area (Å²) in [4.78, 5) is 12.8. The molecule has 2 rings (SSSR count). The summed E-state index contributed by atoms with van der Waals surface area (Å²) in [5, 5.41) is 0. The van der Waals surface area contributed by atoms with Gasteiger partial charge in [0.25, 0.3) is 5.91 Å². The van der Waals surface area contributed by atoms with E-state index in [0.29, 0.717) is 18.4 Å². The fourth-order valence-corrected chi connectivity index (χ4v) is 1.90. The average Bonchev–Trinajstić information content (AvgIpc) is 3.11. The van der Waals surface area contributed by atoms with Crippen LogP contribution in [0.5, 0.6) is 0 Å². The van der Waals surface area contributed by atoms with E-state index in [2.05, 4.69) is 0 Å². The molecule has 0 spiro atoms. The number of alkyl halides is 3. The van der Waals surface area contributed by atoms with Crippen molar-refractivity contribution in [2.45, 2.75) is 32.0 Å². The molecule has 1 saturated carbocycles. The SMILES string of the molecule is Cc1ccc(F)c(C(=O)N(CC(F)(F)F)C2CC2)c1. The van der Waals surface area contributed by atoms with E-state index >= 15 is 0 Å². The van der Waals surface area contributed by atoms with Crippen molar-refractivity contribution in [3.63, 3.8) is 0 Å². The van der Waals surface area contributed by atoms with E-state index in [0.717, 1.165) is 11.0 Å². The van der Waals surface area contributed by atoms with Crippen LogP contribution in [0.4, 0.5) is 17.6 Å². The van der Waals surface area contributed by atoms with E-state index in [-0.39, 0.29) is 5.56 Å². The van der Waals surface area contributed by atoms with Crippen LogP contribution in [-0.4, -0.2) is 29.6 Å². The summed E-state index contributed by atoms with van der Waals surface area (Å²) in [6.07, 6.45) is -3.40. The van der Waals surface area contributed by atoms with Crippen LogP contribution in [-0.2, 0) is 0 Å². The van der Waals surface area contributed by atoms with Gasteiger partial charge in [-0.05, 0) is 31.9 Å². The Hall–Kier alpha value is -1.59. The second-order valence-electron chi connectivity index (χ2n) is 4.76. The summed E-state index contributed by atoms with van der Waals surface area (Å²) >= 11 is 0. The molecule has 1 aliphatic rings. The van der Waals surface area contributed by atoms with E-state index in [1.807, 2.05) is 0 Å². The number of amides is 1. The Bertz CT molecular complexity index is 494. The summed E-state index contributed by atoms with van der Waals surface area (Å²) in [7, 11) is 0. The third-order valence-electron chi connectivity index (χ3n) is 2.95. The summed E-state index contributed by atoms with van der Waals surface area (Å²) in [6.45, 7) is 0.325. The van der Waals surface area contributed by atoms with Crippen molar-refractivity contribution in [1.82, 2.24) is 4.90 Å². The lowest BCUT2D eigenvalue weighted by molar-refractivity contribution is -0.141. The van der Waals surface area contributed by atoms with Crippen molar-refractivity contribution in [1.29, 1.82) is 0 Å². The van der Waals surface area contributed by atoms with Gasteiger partial charge in [-0.15, -0.1) is 0 Å². The number of benzene rings is 1. The first-order valence-electron chi connectivity index (χ1n) is 5.92. The quantitative estimate of drug-likeness (QED) is 0.775. The van der Waals surface area contributed by atoms with E-state index in [9.17, 15) is 22.4 Å². The zero-order chi connectivity index (χ0) is 14.2. The Kier molecular flexibility index (Phi) is 3.52. The number of aryl methyl sites for hydroxylation is 1. The number of carbonyl (C=O) groups excluding carboxylic acids is 1. The Balaban J connectivity index is 2.26. The zero-order valence-electron chi connectivity index (χ0n) is 10.3. The van der Waals surface area contributed by atoms with Gasteiger partial charge in [0, 0.05) is 6.04 Å². The van der Waals surface area contributed by atoms with Gasteiger partial charge in [-0.2, -0.15) is 13.2 Å². The molecule has 6 heteroatoms. The van der Waals surface area contributed by atoms with E-state index in [4.69, 9.17) is 0 Å². The lowest BCUT2D eigenvalue weighted by Crippen LogP contribution is -2.40. The highest BCUT2D eigenvalue weighted by Gasteiger charge is 2.41. The fourth-order valence-electron chi connectivity index (χ4n) is 1.90. The highest BCUT2D eigenvalue weighted by atomic mass is 19.4. The molecule has 1 fully saturated rings. The van der Waals surface area contributed by atoms with Crippen molar-refractivity contribution < 1.29 is 22.4 Å². The third-order valence-corrected chi connectivity index (χ3v) is 2.95. The molecule has 0 N–H and O–H groups in total. The summed E-state index contributed by atoms with van der Waals surface area (Å²) < 4.78 is 51.0. The molecule has 1 amide bonds. The molecular formula is C13H13F4NO. The molecule has 0 heterocycles. The molecule has 0 bridgehead atoms. The molecule has 1 aliphatic carbocycles. The van der Waals surface area contributed by atoms with Crippen molar-refractivity contribution in [3.05, 3.63) is 35.1 Å². The fraction of sp³-hybridized carbons (Fsp3) is 0.462. The lowest BCUT2D eigenvalue weighted by Gasteiger charge is -2.24. The molecule has 0 atom stereocenters. The summed E-state index contributed by atoms with van der Waals surface area (Å²) in [5.41, 5.74) is 0.337. The van der Waals surface area contributed by atoms with Crippen LogP contribution < -0.4 is 0 Å². The van der Waals surface area contributed by atoms with Gasteiger partial charge in [-0.3, -0.25) is 4.79 Å². The number of hydrogen-bond acceptors (Lipinski definition) is 1. The minimum atomic E-state index is -4.47. The molecule has 19 heavy (non-hydrogen) atoms. The molecule has 0 aromatic heterocycles. The van der Waals surface area contributed by atoms with Crippen LogP contribution in [0.15, 0.2) is 18.2 Å². The first kappa shape index (κ1) is 13.8.